The predicted octanol–water partition coefficient (Wildman–Crippen LogP) is 0.673. The smallest absolute Gasteiger partial charge is 0.271 e. The second kappa shape index (κ2) is 6.35. The summed E-state index contributed by atoms with van der Waals surface area (Å²) in [7, 11) is 0. The maximum absolute atomic E-state index is 11.9. The molecule has 0 saturated heterocycles. The van der Waals surface area contributed by atoms with E-state index < -0.39 is 0 Å². The van der Waals surface area contributed by atoms with Crippen LogP contribution in [0.5, 0.6) is 0 Å². The van der Waals surface area contributed by atoms with Gasteiger partial charge in [0.15, 0.2) is 0 Å². The summed E-state index contributed by atoms with van der Waals surface area (Å²) in [5, 5.41) is 13.3. The van der Waals surface area contributed by atoms with Crippen molar-refractivity contribution in [3.63, 3.8) is 0 Å². The number of nitrogens with zero attached hydrogens (tertiary/aromatic N) is 3. The third-order valence-corrected chi connectivity index (χ3v) is 3.33. The monoisotopic (exact) mass is 277 g/mol. The van der Waals surface area contributed by atoms with E-state index in [9.17, 15) is 4.79 Å². The van der Waals surface area contributed by atoms with E-state index in [0.29, 0.717) is 25.2 Å². The van der Waals surface area contributed by atoms with Crippen molar-refractivity contribution in [3.05, 3.63) is 39.6 Å². The standard InChI is InChI=1S/C12H15N5OS/c1-8-2-3-9(17-16-8)6-14-12(18)10-7-19-11(15-10)4-5-13/h2-3,7H,4-6,13H2,1H3,(H,14,18). The lowest BCUT2D eigenvalue weighted by Crippen LogP contribution is -2.23. The Morgan fingerprint density at radius 3 is 2.95 bits per heavy atom. The number of nitrogens with one attached hydrogen (secondary N) is 1. The SMILES string of the molecule is Cc1ccc(CNC(=O)c2csc(CCN)n2)nn1. The molecule has 0 aliphatic rings. The Kier molecular flexibility index (Phi) is 4.53. The molecular formula is C12H15N5OS. The highest BCUT2D eigenvalue weighted by molar-refractivity contribution is 7.09. The average Bonchev–Trinajstić information content (AvgIpc) is 2.87. The van der Waals surface area contributed by atoms with Crippen molar-refractivity contribution >= 4 is 17.2 Å². The van der Waals surface area contributed by atoms with Crippen LogP contribution in [-0.2, 0) is 13.0 Å². The van der Waals surface area contributed by atoms with Crippen LogP contribution < -0.4 is 11.1 Å². The molecule has 2 rings (SSSR count). The van der Waals surface area contributed by atoms with E-state index in [0.717, 1.165) is 16.4 Å². The Labute approximate surface area is 115 Å². The van der Waals surface area contributed by atoms with Gasteiger partial charge in [-0.25, -0.2) is 4.98 Å². The van der Waals surface area contributed by atoms with Gasteiger partial charge in [-0.3, -0.25) is 4.79 Å². The average molecular weight is 277 g/mol. The molecule has 0 bridgehead atoms. The van der Waals surface area contributed by atoms with Crippen LogP contribution in [0.1, 0.15) is 26.9 Å². The molecule has 6 nitrogen and oxygen atoms in total. The summed E-state index contributed by atoms with van der Waals surface area (Å²) < 4.78 is 0. The predicted molar refractivity (Wildman–Crippen MR) is 72.8 cm³/mol. The van der Waals surface area contributed by atoms with Crippen molar-refractivity contribution in [2.45, 2.75) is 19.9 Å². The van der Waals surface area contributed by atoms with Crippen molar-refractivity contribution in [2.24, 2.45) is 5.73 Å². The number of nitrogens with two attached hydrogens (primary N) is 1. The Balaban J connectivity index is 1.91. The van der Waals surface area contributed by atoms with Crippen LogP contribution in [0.4, 0.5) is 0 Å². The van der Waals surface area contributed by atoms with E-state index in [4.69, 9.17) is 5.73 Å². The third-order valence-electron chi connectivity index (χ3n) is 2.43. The zero-order chi connectivity index (χ0) is 13.7. The van der Waals surface area contributed by atoms with Gasteiger partial charge in [-0.1, -0.05) is 0 Å². The first-order chi connectivity index (χ1) is 9.19. The number of rotatable bonds is 5. The van der Waals surface area contributed by atoms with Gasteiger partial charge in [-0.2, -0.15) is 10.2 Å². The number of thiazole rings is 1. The quantitative estimate of drug-likeness (QED) is 0.838. The first-order valence-corrected chi connectivity index (χ1v) is 6.79. The number of hydrogen-bond donors (Lipinski definition) is 2. The molecule has 0 aromatic carbocycles. The van der Waals surface area contributed by atoms with Crippen LogP contribution in [0.3, 0.4) is 0 Å². The van der Waals surface area contributed by atoms with Crippen LogP contribution in [0.2, 0.25) is 0 Å². The van der Waals surface area contributed by atoms with E-state index in [1.54, 1.807) is 5.38 Å². The Hall–Kier alpha value is -1.86. The summed E-state index contributed by atoms with van der Waals surface area (Å²) in [6.07, 6.45) is 0.696. The number of carbonyl (C=O) groups is 1. The minimum Gasteiger partial charge on any atom is -0.345 e. The molecule has 0 atom stereocenters. The van der Waals surface area contributed by atoms with Gasteiger partial charge in [0.2, 0.25) is 0 Å². The van der Waals surface area contributed by atoms with Gasteiger partial charge in [0, 0.05) is 11.8 Å². The summed E-state index contributed by atoms with van der Waals surface area (Å²) in [6, 6.07) is 3.69. The molecule has 100 valence electrons. The summed E-state index contributed by atoms with van der Waals surface area (Å²) in [5.74, 6) is -0.207. The van der Waals surface area contributed by atoms with Gasteiger partial charge in [0.1, 0.15) is 5.69 Å². The lowest BCUT2D eigenvalue weighted by atomic mass is 10.3. The molecule has 0 fully saturated rings. The van der Waals surface area contributed by atoms with Crippen molar-refractivity contribution in [3.8, 4) is 0 Å². The summed E-state index contributed by atoms with van der Waals surface area (Å²) in [6.45, 7) is 2.74. The Morgan fingerprint density at radius 2 is 2.26 bits per heavy atom. The molecule has 7 heteroatoms. The molecule has 0 saturated carbocycles. The van der Waals surface area contributed by atoms with Crippen molar-refractivity contribution < 1.29 is 4.79 Å². The van der Waals surface area contributed by atoms with E-state index in [2.05, 4.69) is 20.5 Å². The highest BCUT2D eigenvalue weighted by Gasteiger charge is 2.10. The van der Waals surface area contributed by atoms with E-state index >= 15 is 0 Å². The topological polar surface area (TPSA) is 93.8 Å². The maximum atomic E-state index is 11.9. The number of aromatic nitrogens is 3. The summed E-state index contributed by atoms with van der Waals surface area (Å²) in [5.41, 5.74) is 7.44. The Morgan fingerprint density at radius 1 is 1.42 bits per heavy atom. The van der Waals surface area contributed by atoms with Gasteiger partial charge in [0.05, 0.1) is 22.9 Å². The molecule has 2 heterocycles. The zero-order valence-electron chi connectivity index (χ0n) is 10.6. The van der Waals surface area contributed by atoms with E-state index in [-0.39, 0.29) is 5.91 Å². The number of amides is 1. The zero-order valence-corrected chi connectivity index (χ0v) is 11.4. The fourth-order valence-corrected chi connectivity index (χ4v) is 2.23. The molecule has 19 heavy (non-hydrogen) atoms. The van der Waals surface area contributed by atoms with Gasteiger partial charge >= 0.3 is 0 Å². The molecule has 0 radical (unpaired) electrons. The van der Waals surface area contributed by atoms with Crippen molar-refractivity contribution in [1.82, 2.24) is 20.5 Å². The van der Waals surface area contributed by atoms with E-state index in [1.165, 1.54) is 11.3 Å². The lowest BCUT2D eigenvalue weighted by molar-refractivity contribution is 0.0946. The number of aryl methyl sites for hydroxylation is 1. The lowest BCUT2D eigenvalue weighted by Gasteiger charge is -2.02. The fraction of sp³-hybridized carbons (Fsp3) is 0.333. The maximum Gasteiger partial charge on any atom is 0.271 e. The van der Waals surface area contributed by atoms with Gasteiger partial charge in [-0.05, 0) is 25.6 Å². The molecule has 0 aliphatic heterocycles. The second-order valence-electron chi connectivity index (χ2n) is 4.01. The first kappa shape index (κ1) is 13.6. The highest BCUT2D eigenvalue weighted by Crippen LogP contribution is 2.10. The highest BCUT2D eigenvalue weighted by atomic mass is 32.1. The van der Waals surface area contributed by atoms with Crippen molar-refractivity contribution in [2.75, 3.05) is 6.54 Å². The van der Waals surface area contributed by atoms with Gasteiger partial charge in [0.25, 0.3) is 5.91 Å². The minimum absolute atomic E-state index is 0.207. The second-order valence-corrected chi connectivity index (χ2v) is 4.96. The molecule has 1 amide bonds. The van der Waals surface area contributed by atoms with Crippen molar-refractivity contribution in [1.29, 1.82) is 0 Å². The third kappa shape index (κ3) is 3.80. The largest absolute Gasteiger partial charge is 0.345 e. The minimum atomic E-state index is -0.207. The van der Waals surface area contributed by atoms with Crippen LogP contribution in [0.15, 0.2) is 17.5 Å². The molecular weight excluding hydrogens is 262 g/mol. The molecule has 0 spiro atoms. The number of carbonyl (C=O) groups excluding carboxylic acids is 1. The molecule has 0 unspecified atom stereocenters. The summed E-state index contributed by atoms with van der Waals surface area (Å²) >= 11 is 1.45. The molecule has 3 N–H and O–H groups in total. The number of hydrogen-bond acceptors (Lipinski definition) is 6. The van der Waals surface area contributed by atoms with Gasteiger partial charge in [-0.15, -0.1) is 11.3 Å². The fourth-order valence-electron chi connectivity index (χ4n) is 1.44. The molecule has 0 aliphatic carbocycles. The molecule has 2 aromatic rings. The van der Waals surface area contributed by atoms with Crippen LogP contribution in [0.25, 0.3) is 0 Å². The Bertz CT molecular complexity index is 552. The van der Waals surface area contributed by atoms with Crippen LogP contribution in [-0.4, -0.2) is 27.6 Å². The van der Waals surface area contributed by atoms with E-state index in [1.807, 2.05) is 19.1 Å². The van der Waals surface area contributed by atoms with Crippen LogP contribution >= 0.6 is 11.3 Å². The summed E-state index contributed by atoms with van der Waals surface area (Å²) in [4.78, 5) is 16.1. The van der Waals surface area contributed by atoms with Crippen LogP contribution in [0, 0.1) is 6.92 Å². The first-order valence-electron chi connectivity index (χ1n) is 5.91. The molecule has 2 aromatic heterocycles. The van der Waals surface area contributed by atoms with Gasteiger partial charge < -0.3 is 11.1 Å². The normalized spacial score (nSPS) is 10.4.